The molecule has 0 saturated heterocycles. The van der Waals surface area contributed by atoms with Crippen LogP contribution < -0.4 is 5.32 Å². The number of anilines is 1. The van der Waals surface area contributed by atoms with Crippen LogP contribution in [0, 0.1) is 6.92 Å². The van der Waals surface area contributed by atoms with Gasteiger partial charge in [0.2, 0.25) is 5.95 Å². The lowest BCUT2D eigenvalue weighted by Gasteiger charge is -2.05. The van der Waals surface area contributed by atoms with Gasteiger partial charge in [0, 0.05) is 6.20 Å². The first-order valence-corrected chi connectivity index (χ1v) is 6.50. The molecular formula is C14H10F3N5O. The highest BCUT2D eigenvalue weighted by Crippen LogP contribution is 2.31. The zero-order valence-electron chi connectivity index (χ0n) is 11.8. The van der Waals surface area contributed by atoms with Crippen molar-refractivity contribution in [1.82, 2.24) is 19.9 Å². The van der Waals surface area contributed by atoms with E-state index >= 15 is 0 Å². The van der Waals surface area contributed by atoms with Crippen LogP contribution in [0.25, 0.3) is 11.0 Å². The number of imidazole rings is 1. The van der Waals surface area contributed by atoms with Crippen LogP contribution in [0.15, 0.2) is 30.6 Å². The van der Waals surface area contributed by atoms with Gasteiger partial charge < -0.3 is 4.98 Å². The Morgan fingerprint density at radius 2 is 2.00 bits per heavy atom. The molecule has 0 bridgehead atoms. The third-order valence-corrected chi connectivity index (χ3v) is 3.05. The number of benzene rings is 1. The first-order chi connectivity index (χ1) is 10.8. The number of halogens is 3. The number of nitrogens with one attached hydrogen (secondary N) is 2. The number of H-pyrrole nitrogens is 1. The molecule has 0 unspecified atom stereocenters. The van der Waals surface area contributed by atoms with Crippen LogP contribution >= 0.6 is 0 Å². The molecule has 1 aromatic carbocycles. The van der Waals surface area contributed by atoms with Gasteiger partial charge in [0.05, 0.1) is 28.5 Å². The predicted octanol–water partition coefficient (Wildman–Crippen LogP) is 2.93. The van der Waals surface area contributed by atoms with E-state index in [1.54, 1.807) is 6.92 Å². The summed E-state index contributed by atoms with van der Waals surface area (Å²) < 4.78 is 38.0. The molecule has 0 atom stereocenters. The van der Waals surface area contributed by atoms with Crippen molar-refractivity contribution in [3.05, 3.63) is 47.5 Å². The number of hydrogen-bond acceptors (Lipinski definition) is 4. The molecule has 9 heteroatoms. The van der Waals surface area contributed by atoms with Gasteiger partial charge in [0.1, 0.15) is 5.69 Å². The molecule has 1 amide bonds. The zero-order valence-corrected chi connectivity index (χ0v) is 11.8. The maximum absolute atomic E-state index is 12.7. The normalized spacial score (nSPS) is 11.7. The first-order valence-electron chi connectivity index (χ1n) is 6.50. The fourth-order valence-electron chi connectivity index (χ4n) is 1.93. The van der Waals surface area contributed by atoms with Crippen molar-refractivity contribution in [2.75, 3.05) is 5.32 Å². The van der Waals surface area contributed by atoms with Crippen molar-refractivity contribution in [2.45, 2.75) is 13.1 Å². The van der Waals surface area contributed by atoms with E-state index in [0.29, 0.717) is 11.2 Å². The molecule has 118 valence electrons. The minimum atomic E-state index is -4.44. The van der Waals surface area contributed by atoms with E-state index in [4.69, 9.17) is 0 Å². The van der Waals surface area contributed by atoms with Crippen molar-refractivity contribution in [3.8, 4) is 0 Å². The largest absolute Gasteiger partial charge is 0.416 e. The van der Waals surface area contributed by atoms with Gasteiger partial charge in [-0.15, -0.1) is 0 Å². The second-order valence-electron chi connectivity index (χ2n) is 4.81. The molecule has 3 rings (SSSR count). The summed E-state index contributed by atoms with van der Waals surface area (Å²) in [5, 5.41) is 2.44. The van der Waals surface area contributed by atoms with Gasteiger partial charge in [-0.25, -0.2) is 9.97 Å². The maximum Gasteiger partial charge on any atom is 0.416 e. The highest BCUT2D eigenvalue weighted by Gasteiger charge is 2.30. The molecule has 0 aliphatic rings. The lowest BCUT2D eigenvalue weighted by molar-refractivity contribution is -0.137. The van der Waals surface area contributed by atoms with Gasteiger partial charge in [-0.3, -0.25) is 15.1 Å². The van der Waals surface area contributed by atoms with Gasteiger partial charge in [0.25, 0.3) is 5.91 Å². The molecule has 2 aromatic heterocycles. The Hall–Kier alpha value is -2.97. The van der Waals surface area contributed by atoms with E-state index < -0.39 is 17.6 Å². The van der Waals surface area contributed by atoms with Crippen LogP contribution in [0.3, 0.4) is 0 Å². The fourth-order valence-corrected chi connectivity index (χ4v) is 1.93. The number of alkyl halides is 3. The number of hydrogen-bond donors (Lipinski definition) is 2. The number of carbonyl (C=O) groups is 1. The topological polar surface area (TPSA) is 83.6 Å². The fraction of sp³-hybridized carbons (Fsp3) is 0.143. The summed E-state index contributed by atoms with van der Waals surface area (Å²) in [6, 6.07) is 3.10. The SMILES string of the molecule is Cc1cnc(C(=O)Nc2nc3ccc(C(F)(F)F)cc3[nH]2)cn1. The molecule has 3 aromatic rings. The molecule has 0 radical (unpaired) electrons. The summed E-state index contributed by atoms with van der Waals surface area (Å²) in [6.07, 6.45) is -1.71. The molecule has 0 spiro atoms. The van der Waals surface area contributed by atoms with E-state index in [0.717, 1.165) is 12.1 Å². The van der Waals surface area contributed by atoms with E-state index in [2.05, 4.69) is 25.3 Å². The predicted molar refractivity (Wildman–Crippen MR) is 75.8 cm³/mol. The summed E-state index contributed by atoms with van der Waals surface area (Å²) in [7, 11) is 0. The Labute approximate surface area is 127 Å². The zero-order chi connectivity index (χ0) is 16.6. The van der Waals surface area contributed by atoms with E-state index in [-0.39, 0.29) is 17.2 Å². The first kappa shape index (κ1) is 14.9. The van der Waals surface area contributed by atoms with Gasteiger partial charge >= 0.3 is 6.18 Å². The minimum Gasteiger partial charge on any atom is -0.324 e. The number of carbonyl (C=O) groups excluding carboxylic acids is 1. The smallest absolute Gasteiger partial charge is 0.324 e. The Morgan fingerprint density at radius 1 is 1.22 bits per heavy atom. The number of amides is 1. The summed E-state index contributed by atoms with van der Waals surface area (Å²) in [6.45, 7) is 1.73. The number of rotatable bonds is 2. The van der Waals surface area contributed by atoms with Gasteiger partial charge in [-0.1, -0.05) is 0 Å². The van der Waals surface area contributed by atoms with E-state index in [9.17, 15) is 18.0 Å². The second-order valence-corrected chi connectivity index (χ2v) is 4.81. The average Bonchev–Trinajstić information content (AvgIpc) is 2.88. The molecule has 6 nitrogen and oxygen atoms in total. The molecule has 0 aliphatic heterocycles. The van der Waals surface area contributed by atoms with Crippen LogP contribution in [-0.2, 0) is 6.18 Å². The Bertz CT molecular complexity index is 870. The molecule has 2 heterocycles. The number of aromatic amines is 1. The van der Waals surface area contributed by atoms with Crippen molar-refractivity contribution >= 4 is 22.9 Å². The summed E-state index contributed by atoms with van der Waals surface area (Å²) in [4.78, 5) is 26.5. The van der Waals surface area contributed by atoms with Crippen LogP contribution in [0.5, 0.6) is 0 Å². The van der Waals surface area contributed by atoms with Crippen molar-refractivity contribution in [1.29, 1.82) is 0 Å². The van der Waals surface area contributed by atoms with E-state index in [1.165, 1.54) is 18.5 Å². The van der Waals surface area contributed by atoms with Gasteiger partial charge in [-0.2, -0.15) is 13.2 Å². The monoisotopic (exact) mass is 321 g/mol. The van der Waals surface area contributed by atoms with Gasteiger partial charge in [-0.05, 0) is 25.1 Å². The van der Waals surface area contributed by atoms with Crippen molar-refractivity contribution in [2.24, 2.45) is 0 Å². The molecule has 0 aliphatic carbocycles. The second kappa shape index (κ2) is 5.34. The van der Waals surface area contributed by atoms with Crippen molar-refractivity contribution < 1.29 is 18.0 Å². The van der Waals surface area contributed by atoms with Crippen LogP contribution in [0.1, 0.15) is 21.7 Å². The minimum absolute atomic E-state index is 0.0340. The molecule has 0 fully saturated rings. The number of aryl methyl sites for hydroxylation is 1. The molecule has 23 heavy (non-hydrogen) atoms. The standard InChI is InChI=1S/C14H10F3N5O/c1-7-5-19-11(6-18-7)12(23)22-13-20-9-3-2-8(14(15,16)17)4-10(9)21-13/h2-6H,1H3,(H2,20,21,22,23). The highest BCUT2D eigenvalue weighted by atomic mass is 19.4. The van der Waals surface area contributed by atoms with Crippen molar-refractivity contribution in [3.63, 3.8) is 0 Å². The van der Waals surface area contributed by atoms with E-state index in [1.807, 2.05) is 0 Å². The molecule has 0 saturated carbocycles. The number of nitrogens with zero attached hydrogens (tertiary/aromatic N) is 3. The highest BCUT2D eigenvalue weighted by molar-refractivity contribution is 6.02. The Kier molecular flexibility index (Phi) is 3.47. The Morgan fingerprint density at radius 3 is 2.65 bits per heavy atom. The average molecular weight is 321 g/mol. The summed E-state index contributed by atoms with van der Waals surface area (Å²) in [5.41, 5.74) is 0.418. The van der Waals surface area contributed by atoms with Crippen LogP contribution in [0.4, 0.5) is 19.1 Å². The summed E-state index contributed by atoms with van der Waals surface area (Å²) >= 11 is 0. The third kappa shape index (κ3) is 3.12. The lowest BCUT2D eigenvalue weighted by Crippen LogP contribution is -2.15. The van der Waals surface area contributed by atoms with Crippen LogP contribution in [0.2, 0.25) is 0 Å². The Balaban J connectivity index is 1.86. The van der Waals surface area contributed by atoms with Gasteiger partial charge in [0.15, 0.2) is 0 Å². The molecular weight excluding hydrogens is 311 g/mol. The summed E-state index contributed by atoms with van der Waals surface area (Å²) in [5.74, 6) is -0.528. The number of aromatic nitrogens is 4. The number of fused-ring (bicyclic) bond motifs is 1. The molecule has 2 N–H and O–H groups in total. The lowest BCUT2D eigenvalue weighted by atomic mass is 10.2. The maximum atomic E-state index is 12.7. The quantitative estimate of drug-likeness (QED) is 0.760. The van der Waals surface area contributed by atoms with Crippen LogP contribution in [-0.4, -0.2) is 25.8 Å². The third-order valence-electron chi connectivity index (χ3n) is 3.05.